The van der Waals surface area contributed by atoms with E-state index >= 15 is 0 Å². The van der Waals surface area contributed by atoms with Gasteiger partial charge in [0, 0.05) is 30.7 Å². The molecule has 0 saturated heterocycles. The zero-order valence-electron chi connectivity index (χ0n) is 10.8. The minimum atomic E-state index is -0.304. The highest BCUT2D eigenvalue weighted by Crippen LogP contribution is 2.16. The summed E-state index contributed by atoms with van der Waals surface area (Å²) < 4.78 is 1.73. The standard InChI is InChI=1S/C12H16N6O/c1-3-18-5-4-11(17-18)15-12(19)9-7-14-8(2)6-10(9)16-13/h4-7H,3,13H2,1-2H3,(H,14,16)(H,15,17,19). The van der Waals surface area contributed by atoms with Gasteiger partial charge in [-0.25, -0.2) is 0 Å². The number of aromatic nitrogens is 3. The molecule has 0 bridgehead atoms. The van der Waals surface area contributed by atoms with Gasteiger partial charge in [0.25, 0.3) is 5.91 Å². The third kappa shape index (κ3) is 2.89. The van der Waals surface area contributed by atoms with Crippen LogP contribution < -0.4 is 16.6 Å². The number of hydrogen-bond acceptors (Lipinski definition) is 5. The van der Waals surface area contributed by atoms with Crippen molar-refractivity contribution in [3.63, 3.8) is 0 Å². The van der Waals surface area contributed by atoms with Crippen LogP contribution in [-0.4, -0.2) is 20.7 Å². The summed E-state index contributed by atoms with van der Waals surface area (Å²) in [6.07, 6.45) is 3.28. The van der Waals surface area contributed by atoms with Crippen LogP contribution in [0.25, 0.3) is 0 Å². The molecule has 0 aliphatic heterocycles. The van der Waals surface area contributed by atoms with Gasteiger partial charge in [-0.15, -0.1) is 0 Å². The van der Waals surface area contributed by atoms with E-state index in [1.807, 2.05) is 13.8 Å². The molecule has 0 spiro atoms. The molecule has 2 aromatic heterocycles. The molecular weight excluding hydrogens is 244 g/mol. The summed E-state index contributed by atoms with van der Waals surface area (Å²) in [6.45, 7) is 4.54. The Balaban J connectivity index is 2.20. The van der Waals surface area contributed by atoms with E-state index in [9.17, 15) is 4.79 Å². The number of carbonyl (C=O) groups is 1. The van der Waals surface area contributed by atoms with Gasteiger partial charge >= 0.3 is 0 Å². The normalized spacial score (nSPS) is 10.3. The number of pyridine rings is 1. The predicted molar refractivity (Wildman–Crippen MR) is 72.6 cm³/mol. The Hall–Kier alpha value is -2.41. The number of nitrogen functional groups attached to an aromatic ring is 1. The molecule has 2 rings (SSSR count). The third-order valence-corrected chi connectivity index (χ3v) is 2.65. The van der Waals surface area contributed by atoms with Crippen molar-refractivity contribution in [3.05, 3.63) is 35.8 Å². The van der Waals surface area contributed by atoms with Gasteiger partial charge in [0.05, 0.1) is 11.3 Å². The number of anilines is 2. The van der Waals surface area contributed by atoms with Crippen molar-refractivity contribution in [1.82, 2.24) is 14.8 Å². The van der Waals surface area contributed by atoms with Crippen molar-refractivity contribution in [2.45, 2.75) is 20.4 Å². The first-order valence-corrected chi connectivity index (χ1v) is 5.92. The number of amides is 1. The number of hydrazine groups is 1. The van der Waals surface area contributed by atoms with Crippen molar-refractivity contribution in [3.8, 4) is 0 Å². The zero-order valence-corrected chi connectivity index (χ0v) is 10.8. The van der Waals surface area contributed by atoms with E-state index in [1.165, 1.54) is 6.20 Å². The summed E-state index contributed by atoms with van der Waals surface area (Å²) in [6, 6.07) is 3.44. The second-order valence-electron chi connectivity index (χ2n) is 4.03. The number of carbonyl (C=O) groups excluding carboxylic acids is 1. The van der Waals surface area contributed by atoms with Crippen LogP contribution in [0.2, 0.25) is 0 Å². The zero-order chi connectivity index (χ0) is 13.8. The van der Waals surface area contributed by atoms with Crippen molar-refractivity contribution < 1.29 is 4.79 Å². The maximum atomic E-state index is 12.1. The Morgan fingerprint density at radius 2 is 2.32 bits per heavy atom. The van der Waals surface area contributed by atoms with Crippen LogP contribution in [0.4, 0.5) is 11.5 Å². The van der Waals surface area contributed by atoms with Gasteiger partial charge in [-0.05, 0) is 19.9 Å². The Morgan fingerprint density at radius 3 is 2.95 bits per heavy atom. The summed E-state index contributed by atoms with van der Waals surface area (Å²) in [5, 5.41) is 6.88. The van der Waals surface area contributed by atoms with Crippen LogP contribution in [0, 0.1) is 6.92 Å². The molecule has 2 aromatic rings. The molecule has 7 heteroatoms. The molecule has 4 N–H and O–H groups in total. The van der Waals surface area contributed by atoms with Crippen molar-refractivity contribution in [1.29, 1.82) is 0 Å². The molecule has 0 fully saturated rings. The largest absolute Gasteiger partial charge is 0.323 e. The molecule has 0 saturated carbocycles. The fourth-order valence-corrected chi connectivity index (χ4v) is 1.65. The van der Waals surface area contributed by atoms with Crippen molar-refractivity contribution in [2.24, 2.45) is 5.84 Å². The number of aryl methyl sites for hydroxylation is 2. The number of hydrogen-bond donors (Lipinski definition) is 3. The van der Waals surface area contributed by atoms with Crippen LogP contribution in [0.1, 0.15) is 23.0 Å². The van der Waals surface area contributed by atoms with E-state index in [2.05, 4.69) is 20.8 Å². The summed E-state index contributed by atoms with van der Waals surface area (Å²) in [4.78, 5) is 16.2. The van der Waals surface area contributed by atoms with E-state index in [-0.39, 0.29) is 5.91 Å². The van der Waals surface area contributed by atoms with Gasteiger partial charge < -0.3 is 10.7 Å². The fourth-order valence-electron chi connectivity index (χ4n) is 1.65. The smallest absolute Gasteiger partial charge is 0.260 e. The summed E-state index contributed by atoms with van der Waals surface area (Å²) >= 11 is 0. The predicted octanol–water partition coefficient (Wildman–Crippen LogP) is 1.14. The maximum Gasteiger partial charge on any atom is 0.260 e. The molecule has 0 atom stereocenters. The van der Waals surface area contributed by atoms with E-state index in [4.69, 9.17) is 5.84 Å². The van der Waals surface area contributed by atoms with Crippen molar-refractivity contribution in [2.75, 3.05) is 10.7 Å². The molecule has 0 aromatic carbocycles. The lowest BCUT2D eigenvalue weighted by Crippen LogP contribution is -2.18. The number of rotatable bonds is 4. The van der Waals surface area contributed by atoms with E-state index in [0.29, 0.717) is 17.1 Å². The van der Waals surface area contributed by atoms with Gasteiger partial charge in [-0.2, -0.15) is 5.10 Å². The molecule has 7 nitrogen and oxygen atoms in total. The van der Waals surface area contributed by atoms with E-state index in [1.54, 1.807) is 23.0 Å². The first kappa shape index (κ1) is 13.0. The average molecular weight is 260 g/mol. The van der Waals surface area contributed by atoms with Crippen molar-refractivity contribution >= 4 is 17.4 Å². The first-order valence-electron chi connectivity index (χ1n) is 5.92. The molecule has 0 aliphatic carbocycles. The summed E-state index contributed by atoms with van der Waals surface area (Å²) in [5.74, 6) is 5.59. The topological polar surface area (TPSA) is 97.9 Å². The third-order valence-electron chi connectivity index (χ3n) is 2.65. The van der Waals surface area contributed by atoms with Crippen LogP contribution in [-0.2, 0) is 6.54 Å². The second-order valence-corrected chi connectivity index (χ2v) is 4.03. The summed E-state index contributed by atoms with van der Waals surface area (Å²) in [5.41, 5.74) is 4.17. The molecular formula is C12H16N6O. The summed E-state index contributed by atoms with van der Waals surface area (Å²) in [7, 11) is 0. The lowest BCUT2D eigenvalue weighted by Gasteiger charge is -2.08. The van der Waals surface area contributed by atoms with Crippen LogP contribution in [0.15, 0.2) is 24.5 Å². The average Bonchev–Trinajstić information content (AvgIpc) is 2.86. The van der Waals surface area contributed by atoms with Crippen LogP contribution in [0.5, 0.6) is 0 Å². The monoisotopic (exact) mass is 260 g/mol. The Bertz CT molecular complexity index is 592. The highest BCUT2D eigenvalue weighted by molar-refractivity contribution is 6.07. The highest BCUT2D eigenvalue weighted by atomic mass is 16.1. The minimum Gasteiger partial charge on any atom is -0.323 e. The lowest BCUT2D eigenvalue weighted by atomic mass is 10.2. The molecule has 19 heavy (non-hydrogen) atoms. The SMILES string of the molecule is CCn1ccc(NC(=O)c2cnc(C)cc2NN)n1. The fraction of sp³-hybridized carbons (Fsp3) is 0.250. The lowest BCUT2D eigenvalue weighted by molar-refractivity contribution is 0.102. The van der Waals surface area contributed by atoms with Gasteiger partial charge in [0.1, 0.15) is 0 Å². The minimum absolute atomic E-state index is 0.304. The molecule has 1 amide bonds. The highest BCUT2D eigenvalue weighted by Gasteiger charge is 2.13. The van der Waals surface area contributed by atoms with Crippen LogP contribution in [0.3, 0.4) is 0 Å². The van der Waals surface area contributed by atoms with E-state index < -0.39 is 0 Å². The van der Waals surface area contributed by atoms with Gasteiger partial charge in [-0.1, -0.05) is 0 Å². The van der Waals surface area contributed by atoms with Crippen LogP contribution >= 0.6 is 0 Å². The molecule has 0 radical (unpaired) electrons. The number of nitrogens with zero attached hydrogens (tertiary/aromatic N) is 3. The Morgan fingerprint density at radius 1 is 1.53 bits per heavy atom. The first-order chi connectivity index (χ1) is 9.13. The Labute approximate surface area is 110 Å². The number of nitrogens with one attached hydrogen (secondary N) is 2. The molecule has 100 valence electrons. The van der Waals surface area contributed by atoms with Gasteiger partial charge in [0.2, 0.25) is 0 Å². The quantitative estimate of drug-likeness (QED) is 0.565. The molecule has 2 heterocycles. The second kappa shape index (κ2) is 5.49. The Kier molecular flexibility index (Phi) is 3.76. The van der Waals surface area contributed by atoms with Gasteiger partial charge in [-0.3, -0.25) is 20.3 Å². The maximum absolute atomic E-state index is 12.1. The molecule has 0 unspecified atom stereocenters. The molecule has 0 aliphatic rings. The van der Waals surface area contributed by atoms with E-state index in [0.717, 1.165) is 12.2 Å². The van der Waals surface area contributed by atoms with Gasteiger partial charge in [0.15, 0.2) is 5.82 Å². The number of nitrogens with two attached hydrogens (primary N) is 1.